The van der Waals surface area contributed by atoms with Crippen LogP contribution in [0.4, 0.5) is 10.2 Å². The molecule has 0 unspecified atom stereocenters. The zero-order valence-corrected chi connectivity index (χ0v) is 9.07. The molecule has 0 saturated carbocycles. The largest absolute Gasteiger partial charge is 0.308 e. The molecule has 0 atom stereocenters. The van der Waals surface area contributed by atoms with Crippen LogP contribution in [-0.4, -0.2) is 4.98 Å². The summed E-state index contributed by atoms with van der Waals surface area (Å²) >= 11 is 7.07. The Balaban J connectivity index is 2.40. The van der Waals surface area contributed by atoms with Crippen LogP contribution in [0.15, 0.2) is 23.6 Å². The van der Waals surface area contributed by atoms with E-state index in [1.807, 2.05) is 0 Å². The average Bonchev–Trinajstić information content (AvgIpc) is 2.70. The molecule has 0 amide bonds. The predicted octanol–water partition coefficient (Wildman–Crippen LogP) is 2.89. The molecule has 1 aromatic carbocycles. The maximum Gasteiger partial charge on any atom is 0.151 e. The summed E-state index contributed by atoms with van der Waals surface area (Å²) in [5.74, 6) is 5.35. The number of benzene rings is 1. The molecule has 6 heteroatoms. The molecular formula is C9H7ClFN3S. The van der Waals surface area contributed by atoms with E-state index in [2.05, 4.69) is 10.4 Å². The van der Waals surface area contributed by atoms with Gasteiger partial charge in [-0.3, -0.25) is 0 Å². The summed E-state index contributed by atoms with van der Waals surface area (Å²) < 4.78 is 12.9. The maximum absolute atomic E-state index is 12.9. The maximum atomic E-state index is 12.9. The summed E-state index contributed by atoms with van der Waals surface area (Å²) in [5.41, 5.74) is 3.21. The number of nitrogen functional groups attached to an aromatic ring is 1. The first kappa shape index (κ1) is 10.4. The normalized spacial score (nSPS) is 10.3. The number of nitrogens with zero attached hydrogens (tertiary/aromatic N) is 1. The third-order valence-electron chi connectivity index (χ3n) is 1.82. The van der Waals surface area contributed by atoms with E-state index in [1.165, 1.54) is 23.5 Å². The van der Waals surface area contributed by atoms with Gasteiger partial charge in [0.25, 0.3) is 0 Å². The smallest absolute Gasteiger partial charge is 0.151 e. The molecule has 0 aliphatic carbocycles. The van der Waals surface area contributed by atoms with E-state index < -0.39 is 5.82 Å². The lowest BCUT2D eigenvalue weighted by molar-refractivity contribution is 0.628. The van der Waals surface area contributed by atoms with Crippen LogP contribution in [0.2, 0.25) is 5.02 Å². The lowest BCUT2D eigenvalue weighted by Gasteiger charge is -1.98. The molecule has 0 bridgehead atoms. The van der Waals surface area contributed by atoms with E-state index >= 15 is 0 Å². The van der Waals surface area contributed by atoms with Crippen LogP contribution >= 0.6 is 22.9 Å². The SMILES string of the molecule is NNc1csc(-c2ccc(F)c(Cl)c2)n1. The highest BCUT2D eigenvalue weighted by molar-refractivity contribution is 7.13. The number of hydrazine groups is 1. The Bertz CT molecular complexity index is 486. The quantitative estimate of drug-likeness (QED) is 0.630. The van der Waals surface area contributed by atoms with Crippen molar-refractivity contribution in [3.05, 3.63) is 34.4 Å². The van der Waals surface area contributed by atoms with Gasteiger partial charge in [0.05, 0.1) is 5.02 Å². The fourth-order valence-corrected chi connectivity index (χ4v) is 2.04. The van der Waals surface area contributed by atoms with Crippen LogP contribution in [-0.2, 0) is 0 Å². The lowest BCUT2D eigenvalue weighted by Crippen LogP contribution is -2.06. The summed E-state index contributed by atoms with van der Waals surface area (Å²) in [5, 5.41) is 2.60. The zero-order chi connectivity index (χ0) is 10.8. The fraction of sp³-hybridized carbons (Fsp3) is 0. The van der Waals surface area contributed by atoms with Crippen LogP contribution in [0.1, 0.15) is 0 Å². The average molecular weight is 244 g/mol. The van der Waals surface area contributed by atoms with Gasteiger partial charge >= 0.3 is 0 Å². The van der Waals surface area contributed by atoms with Gasteiger partial charge in [-0.15, -0.1) is 11.3 Å². The summed E-state index contributed by atoms with van der Waals surface area (Å²) in [6.07, 6.45) is 0. The number of rotatable bonds is 2. The van der Waals surface area contributed by atoms with Crippen LogP contribution in [0, 0.1) is 5.82 Å². The molecule has 78 valence electrons. The topological polar surface area (TPSA) is 50.9 Å². The van der Waals surface area contributed by atoms with Crippen molar-refractivity contribution in [1.29, 1.82) is 0 Å². The van der Waals surface area contributed by atoms with Gasteiger partial charge in [0, 0.05) is 10.9 Å². The van der Waals surface area contributed by atoms with Crippen LogP contribution < -0.4 is 11.3 Å². The Kier molecular flexibility index (Phi) is 2.86. The number of hydrogen-bond donors (Lipinski definition) is 2. The third kappa shape index (κ3) is 2.09. The van der Waals surface area contributed by atoms with E-state index in [0.29, 0.717) is 5.82 Å². The zero-order valence-electron chi connectivity index (χ0n) is 7.50. The molecule has 0 aliphatic rings. The highest BCUT2D eigenvalue weighted by Gasteiger charge is 2.06. The number of nitrogens with two attached hydrogens (primary N) is 1. The first-order valence-corrected chi connectivity index (χ1v) is 5.34. The fourth-order valence-electron chi connectivity index (χ4n) is 1.10. The second kappa shape index (κ2) is 4.14. The Labute approximate surface area is 94.7 Å². The number of hydrogen-bond acceptors (Lipinski definition) is 4. The molecule has 2 aromatic rings. The second-order valence-corrected chi connectivity index (χ2v) is 4.08. The Morgan fingerprint density at radius 1 is 1.47 bits per heavy atom. The summed E-state index contributed by atoms with van der Waals surface area (Å²) in [6.45, 7) is 0. The Morgan fingerprint density at radius 2 is 2.27 bits per heavy atom. The molecule has 0 aliphatic heterocycles. The predicted molar refractivity (Wildman–Crippen MR) is 60.3 cm³/mol. The van der Waals surface area contributed by atoms with E-state index in [-0.39, 0.29) is 5.02 Å². The van der Waals surface area contributed by atoms with Crippen molar-refractivity contribution in [3.8, 4) is 10.6 Å². The first-order valence-electron chi connectivity index (χ1n) is 4.08. The number of nitrogens with one attached hydrogen (secondary N) is 1. The van der Waals surface area contributed by atoms with Crippen molar-refractivity contribution in [2.75, 3.05) is 5.43 Å². The van der Waals surface area contributed by atoms with E-state index in [1.54, 1.807) is 11.4 Å². The number of thiazole rings is 1. The number of anilines is 1. The van der Waals surface area contributed by atoms with Gasteiger partial charge in [-0.1, -0.05) is 11.6 Å². The van der Waals surface area contributed by atoms with Gasteiger partial charge < -0.3 is 5.43 Å². The molecule has 1 aromatic heterocycles. The Hall–Kier alpha value is -1.17. The minimum atomic E-state index is -0.436. The molecule has 0 spiro atoms. The second-order valence-electron chi connectivity index (χ2n) is 2.81. The lowest BCUT2D eigenvalue weighted by atomic mass is 10.2. The van der Waals surface area contributed by atoms with Gasteiger partial charge in [-0.2, -0.15) is 0 Å². The first-order chi connectivity index (χ1) is 7.20. The van der Waals surface area contributed by atoms with Gasteiger partial charge in [0.2, 0.25) is 0 Å². The summed E-state index contributed by atoms with van der Waals surface area (Å²) in [6, 6.07) is 4.48. The van der Waals surface area contributed by atoms with Crippen LogP contribution in [0.5, 0.6) is 0 Å². The van der Waals surface area contributed by atoms with E-state index in [4.69, 9.17) is 17.4 Å². The molecule has 1 heterocycles. The highest BCUT2D eigenvalue weighted by atomic mass is 35.5. The van der Waals surface area contributed by atoms with Gasteiger partial charge in [0.1, 0.15) is 10.8 Å². The van der Waals surface area contributed by atoms with Gasteiger partial charge in [-0.05, 0) is 18.2 Å². The monoisotopic (exact) mass is 243 g/mol. The van der Waals surface area contributed by atoms with E-state index in [0.717, 1.165) is 10.6 Å². The minimum Gasteiger partial charge on any atom is -0.308 e. The van der Waals surface area contributed by atoms with Gasteiger partial charge in [-0.25, -0.2) is 15.2 Å². The van der Waals surface area contributed by atoms with Crippen LogP contribution in [0.3, 0.4) is 0 Å². The summed E-state index contributed by atoms with van der Waals surface area (Å²) in [7, 11) is 0. The van der Waals surface area contributed by atoms with E-state index in [9.17, 15) is 4.39 Å². The van der Waals surface area contributed by atoms with Crippen molar-refractivity contribution in [2.45, 2.75) is 0 Å². The van der Waals surface area contributed by atoms with Crippen molar-refractivity contribution < 1.29 is 4.39 Å². The Morgan fingerprint density at radius 3 is 2.87 bits per heavy atom. The number of aromatic nitrogens is 1. The van der Waals surface area contributed by atoms with Gasteiger partial charge in [0.15, 0.2) is 5.82 Å². The molecule has 2 rings (SSSR count). The van der Waals surface area contributed by atoms with Crippen molar-refractivity contribution >= 4 is 28.8 Å². The molecule has 3 nitrogen and oxygen atoms in total. The summed E-state index contributed by atoms with van der Waals surface area (Å²) in [4.78, 5) is 4.17. The molecule has 0 fully saturated rings. The van der Waals surface area contributed by atoms with Crippen molar-refractivity contribution in [2.24, 2.45) is 5.84 Å². The third-order valence-corrected chi connectivity index (χ3v) is 3.00. The van der Waals surface area contributed by atoms with Crippen molar-refractivity contribution in [1.82, 2.24) is 4.98 Å². The molecule has 0 saturated heterocycles. The molecule has 15 heavy (non-hydrogen) atoms. The standard InChI is InChI=1S/C9H7ClFN3S/c10-6-3-5(1-2-7(6)11)9-13-8(14-12)4-15-9/h1-4,14H,12H2. The van der Waals surface area contributed by atoms with Crippen molar-refractivity contribution in [3.63, 3.8) is 0 Å². The minimum absolute atomic E-state index is 0.0879. The molecular weight excluding hydrogens is 237 g/mol. The van der Waals surface area contributed by atoms with Crippen LogP contribution in [0.25, 0.3) is 10.6 Å². The molecule has 0 radical (unpaired) electrons. The highest BCUT2D eigenvalue weighted by Crippen LogP contribution is 2.28. The number of halogens is 2. The molecule has 3 N–H and O–H groups in total.